The minimum absolute atomic E-state index is 0.146. The van der Waals surface area contributed by atoms with Crippen molar-refractivity contribution in [1.29, 1.82) is 0 Å². The molecule has 20 heavy (non-hydrogen) atoms. The van der Waals surface area contributed by atoms with Crippen LogP contribution in [0.1, 0.15) is 39.7 Å². The number of hydrogen-bond donors (Lipinski definition) is 1. The molecule has 0 saturated carbocycles. The summed E-state index contributed by atoms with van der Waals surface area (Å²) in [6.07, 6.45) is 0.908. The first kappa shape index (κ1) is 16.9. The second-order valence-electron chi connectivity index (χ2n) is 5.73. The minimum atomic E-state index is -3.46. The lowest BCUT2D eigenvalue weighted by atomic mass is 10.0. The van der Waals surface area contributed by atoms with Crippen LogP contribution in [0.25, 0.3) is 0 Å². The van der Waals surface area contributed by atoms with Gasteiger partial charge in [-0.25, -0.2) is 13.1 Å². The molecule has 0 aromatic heterocycles. The summed E-state index contributed by atoms with van der Waals surface area (Å²) in [5.74, 6) is 0.522. The highest BCUT2D eigenvalue weighted by Crippen LogP contribution is 2.13. The SMILES string of the molecule is CC(C)CC(=O)Cc1ccc(S(=O)(=O)NC(C)C)cc1. The number of hydrogen-bond acceptors (Lipinski definition) is 3. The van der Waals surface area contributed by atoms with Crippen LogP contribution < -0.4 is 4.72 Å². The van der Waals surface area contributed by atoms with Gasteiger partial charge in [0.1, 0.15) is 5.78 Å². The molecule has 0 heterocycles. The maximum atomic E-state index is 11.9. The second kappa shape index (κ2) is 6.99. The van der Waals surface area contributed by atoms with E-state index in [9.17, 15) is 13.2 Å². The molecule has 0 atom stereocenters. The van der Waals surface area contributed by atoms with E-state index in [1.807, 2.05) is 13.8 Å². The molecule has 0 amide bonds. The molecule has 1 rings (SSSR count). The first-order valence-electron chi connectivity index (χ1n) is 6.83. The summed E-state index contributed by atoms with van der Waals surface area (Å²) >= 11 is 0. The van der Waals surface area contributed by atoms with E-state index >= 15 is 0 Å². The number of carbonyl (C=O) groups is 1. The summed E-state index contributed by atoms with van der Waals surface area (Å²) in [7, 11) is -3.46. The van der Waals surface area contributed by atoms with E-state index in [1.54, 1.807) is 38.1 Å². The average Bonchev–Trinajstić information content (AvgIpc) is 2.26. The fraction of sp³-hybridized carbons (Fsp3) is 0.533. The van der Waals surface area contributed by atoms with Gasteiger partial charge in [-0.2, -0.15) is 0 Å². The number of Topliss-reactive ketones (excluding diaryl/α,β-unsaturated/α-hetero) is 1. The number of benzene rings is 1. The van der Waals surface area contributed by atoms with Crippen molar-refractivity contribution in [3.05, 3.63) is 29.8 Å². The highest BCUT2D eigenvalue weighted by molar-refractivity contribution is 7.89. The van der Waals surface area contributed by atoms with Gasteiger partial charge < -0.3 is 0 Å². The van der Waals surface area contributed by atoms with Gasteiger partial charge >= 0.3 is 0 Å². The van der Waals surface area contributed by atoms with Crippen LogP contribution in [0, 0.1) is 5.92 Å². The van der Waals surface area contributed by atoms with Crippen molar-refractivity contribution in [1.82, 2.24) is 4.72 Å². The number of carbonyl (C=O) groups excluding carboxylic acids is 1. The first-order valence-corrected chi connectivity index (χ1v) is 8.32. The summed E-state index contributed by atoms with van der Waals surface area (Å²) in [5, 5.41) is 0. The van der Waals surface area contributed by atoms with Gasteiger partial charge in [-0.1, -0.05) is 26.0 Å². The number of nitrogens with one attached hydrogen (secondary N) is 1. The lowest BCUT2D eigenvalue weighted by Gasteiger charge is -2.10. The zero-order valence-corrected chi connectivity index (χ0v) is 13.3. The summed E-state index contributed by atoms with van der Waals surface area (Å²) in [5.41, 5.74) is 0.846. The highest BCUT2D eigenvalue weighted by atomic mass is 32.2. The molecule has 1 aromatic rings. The molecule has 0 aliphatic heterocycles. The molecule has 0 radical (unpaired) electrons. The third-order valence-corrected chi connectivity index (χ3v) is 4.34. The zero-order chi connectivity index (χ0) is 15.3. The van der Waals surface area contributed by atoms with Crippen molar-refractivity contribution in [3.8, 4) is 0 Å². The third-order valence-electron chi connectivity index (χ3n) is 2.66. The van der Waals surface area contributed by atoms with E-state index in [1.165, 1.54) is 0 Å². The van der Waals surface area contributed by atoms with Crippen molar-refractivity contribution in [2.75, 3.05) is 0 Å². The van der Waals surface area contributed by atoms with Crippen molar-refractivity contribution >= 4 is 15.8 Å². The van der Waals surface area contributed by atoms with E-state index in [4.69, 9.17) is 0 Å². The predicted octanol–water partition coefficient (Wildman–Crippen LogP) is 2.53. The van der Waals surface area contributed by atoms with Crippen LogP contribution in [-0.4, -0.2) is 20.2 Å². The number of rotatable bonds is 7. The van der Waals surface area contributed by atoms with Crippen LogP contribution in [0.3, 0.4) is 0 Å². The Labute approximate surface area is 121 Å². The summed E-state index contributed by atoms with van der Waals surface area (Å²) < 4.78 is 26.4. The quantitative estimate of drug-likeness (QED) is 0.841. The zero-order valence-electron chi connectivity index (χ0n) is 12.5. The number of ketones is 1. The summed E-state index contributed by atoms with van der Waals surface area (Å²) in [6.45, 7) is 7.56. The Morgan fingerprint density at radius 2 is 1.65 bits per heavy atom. The first-order chi connectivity index (χ1) is 9.20. The molecule has 1 N–H and O–H groups in total. The third kappa shape index (κ3) is 5.43. The fourth-order valence-corrected chi connectivity index (χ4v) is 3.17. The molecule has 0 unspecified atom stereocenters. The Balaban J connectivity index is 2.77. The lowest BCUT2D eigenvalue weighted by Crippen LogP contribution is -2.30. The van der Waals surface area contributed by atoms with Crippen molar-refractivity contribution in [2.45, 2.75) is 51.5 Å². The Bertz CT molecular complexity index is 545. The van der Waals surface area contributed by atoms with E-state index in [2.05, 4.69) is 4.72 Å². The van der Waals surface area contributed by atoms with Gasteiger partial charge in [0, 0.05) is 18.9 Å². The molecular formula is C15H23NO3S. The normalized spacial score (nSPS) is 12.1. The maximum Gasteiger partial charge on any atom is 0.240 e. The smallest absolute Gasteiger partial charge is 0.240 e. The van der Waals surface area contributed by atoms with Crippen molar-refractivity contribution < 1.29 is 13.2 Å². The van der Waals surface area contributed by atoms with E-state index in [-0.39, 0.29) is 16.7 Å². The van der Waals surface area contributed by atoms with Gasteiger partial charge in [0.25, 0.3) is 0 Å². The van der Waals surface area contributed by atoms with Gasteiger partial charge in [-0.15, -0.1) is 0 Å². The van der Waals surface area contributed by atoms with Crippen LogP contribution in [0.4, 0.5) is 0 Å². The van der Waals surface area contributed by atoms with Crippen LogP contribution in [0.2, 0.25) is 0 Å². The van der Waals surface area contributed by atoms with Gasteiger partial charge in [-0.3, -0.25) is 4.79 Å². The molecule has 0 bridgehead atoms. The van der Waals surface area contributed by atoms with E-state index in [0.717, 1.165) is 5.56 Å². The average molecular weight is 297 g/mol. The van der Waals surface area contributed by atoms with Gasteiger partial charge in [-0.05, 0) is 37.5 Å². The lowest BCUT2D eigenvalue weighted by molar-refractivity contribution is -0.119. The molecule has 4 nitrogen and oxygen atoms in total. The molecule has 112 valence electrons. The van der Waals surface area contributed by atoms with Crippen molar-refractivity contribution in [3.63, 3.8) is 0 Å². The molecule has 0 fully saturated rings. The Morgan fingerprint density at radius 1 is 1.10 bits per heavy atom. The molecule has 1 aromatic carbocycles. The van der Waals surface area contributed by atoms with E-state index < -0.39 is 10.0 Å². The van der Waals surface area contributed by atoms with Crippen LogP contribution >= 0.6 is 0 Å². The summed E-state index contributed by atoms with van der Waals surface area (Å²) in [4.78, 5) is 11.9. The van der Waals surface area contributed by atoms with Crippen molar-refractivity contribution in [2.24, 2.45) is 5.92 Å². The highest BCUT2D eigenvalue weighted by Gasteiger charge is 2.15. The number of sulfonamides is 1. The van der Waals surface area contributed by atoms with Crippen LogP contribution in [0.15, 0.2) is 29.2 Å². The van der Waals surface area contributed by atoms with Crippen LogP contribution in [0.5, 0.6) is 0 Å². The van der Waals surface area contributed by atoms with Gasteiger partial charge in [0.05, 0.1) is 4.90 Å². The monoisotopic (exact) mass is 297 g/mol. The predicted molar refractivity (Wildman–Crippen MR) is 80.1 cm³/mol. The molecule has 0 aliphatic rings. The molecule has 5 heteroatoms. The molecule has 0 aliphatic carbocycles. The standard InChI is InChI=1S/C15H23NO3S/c1-11(2)9-14(17)10-13-5-7-15(8-6-13)20(18,19)16-12(3)4/h5-8,11-12,16H,9-10H2,1-4H3. The van der Waals surface area contributed by atoms with Gasteiger partial charge in [0.15, 0.2) is 0 Å². The van der Waals surface area contributed by atoms with Crippen LogP contribution in [-0.2, 0) is 21.2 Å². The molecule has 0 saturated heterocycles. The fourth-order valence-electron chi connectivity index (χ4n) is 1.92. The van der Waals surface area contributed by atoms with E-state index in [0.29, 0.717) is 18.8 Å². The molecular weight excluding hydrogens is 274 g/mol. The Hall–Kier alpha value is -1.20. The summed E-state index contributed by atoms with van der Waals surface area (Å²) in [6, 6.07) is 6.35. The second-order valence-corrected chi connectivity index (χ2v) is 7.45. The maximum absolute atomic E-state index is 11.9. The topological polar surface area (TPSA) is 63.2 Å². The minimum Gasteiger partial charge on any atom is -0.299 e. The Morgan fingerprint density at radius 3 is 2.10 bits per heavy atom. The molecule has 0 spiro atoms. The van der Waals surface area contributed by atoms with Gasteiger partial charge in [0.2, 0.25) is 10.0 Å². The largest absolute Gasteiger partial charge is 0.299 e. The Kier molecular flexibility index (Phi) is 5.89.